The first kappa shape index (κ1) is 20.8. The summed E-state index contributed by atoms with van der Waals surface area (Å²) in [5, 5.41) is 5.25. The molecule has 2 N–H and O–H groups in total. The summed E-state index contributed by atoms with van der Waals surface area (Å²) in [6.45, 7) is 2.29. The van der Waals surface area contributed by atoms with E-state index in [0.29, 0.717) is 36.4 Å². The molecule has 0 unspecified atom stereocenters. The fourth-order valence-electron chi connectivity index (χ4n) is 3.09. The summed E-state index contributed by atoms with van der Waals surface area (Å²) in [5.74, 6) is 0.183. The molecule has 0 saturated carbocycles. The lowest BCUT2D eigenvalue weighted by Crippen LogP contribution is -2.16. The van der Waals surface area contributed by atoms with E-state index in [2.05, 4.69) is 10.6 Å². The lowest BCUT2D eigenvalue weighted by molar-refractivity contribution is -0.105. The maximum atomic E-state index is 12.8. The number of nitrogens with one attached hydrogen (secondary N) is 2. The van der Waals surface area contributed by atoms with Crippen LogP contribution in [0.2, 0.25) is 0 Å². The van der Waals surface area contributed by atoms with Crippen LogP contribution in [0.5, 0.6) is 5.75 Å². The average molecular weight is 402 g/mol. The zero-order chi connectivity index (χ0) is 21.3. The maximum Gasteiger partial charge on any atom is 0.256 e. The summed E-state index contributed by atoms with van der Waals surface area (Å²) < 4.78 is 5.80. The van der Waals surface area contributed by atoms with E-state index in [9.17, 15) is 14.4 Å². The minimum atomic E-state index is -0.448. The molecule has 152 valence electrons. The number of anilines is 2. The van der Waals surface area contributed by atoms with Crippen molar-refractivity contribution in [1.29, 1.82) is 0 Å². The number of benzene rings is 3. The molecule has 0 radical (unpaired) electrons. The quantitative estimate of drug-likeness (QED) is 0.524. The zero-order valence-electron chi connectivity index (χ0n) is 16.6. The van der Waals surface area contributed by atoms with Gasteiger partial charge in [0, 0.05) is 18.2 Å². The van der Waals surface area contributed by atoms with Gasteiger partial charge in [-0.15, -0.1) is 0 Å². The molecule has 3 rings (SSSR count). The second-order valence-corrected chi connectivity index (χ2v) is 6.72. The molecule has 2 amide bonds. The van der Waals surface area contributed by atoms with E-state index in [0.717, 1.165) is 12.0 Å². The highest BCUT2D eigenvalue weighted by atomic mass is 16.5. The molecule has 0 fully saturated rings. The summed E-state index contributed by atoms with van der Waals surface area (Å²) in [5.41, 5.74) is 3.07. The predicted molar refractivity (Wildman–Crippen MR) is 116 cm³/mol. The minimum Gasteiger partial charge on any atom is -0.493 e. The molecule has 0 aliphatic carbocycles. The van der Waals surface area contributed by atoms with E-state index in [4.69, 9.17) is 4.74 Å². The summed E-state index contributed by atoms with van der Waals surface area (Å²) in [4.78, 5) is 35.1. The number of ether oxygens (including phenoxy) is 1. The lowest BCUT2D eigenvalue weighted by Gasteiger charge is -2.13. The third-order valence-electron chi connectivity index (χ3n) is 4.50. The van der Waals surface area contributed by atoms with Gasteiger partial charge < -0.3 is 15.4 Å². The minimum absolute atomic E-state index is 0.125. The number of rotatable bonds is 9. The fourth-order valence-corrected chi connectivity index (χ4v) is 3.09. The molecule has 0 aliphatic heterocycles. The molecule has 0 aromatic heterocycles. The van der Waals surface area contributed by atoms with Gasteiger partial charge in [0.05, 0.1) is 23.4 Å². The van der Waals surface area contributed by atoms with Crippen molar-refractivity contribution in [3.63, 3.8) is 0 Å². The van der Waals surface area contributed by atoms with Crippen LogP contribution < -0.4 is 15.4 Å². The summed E-state index contributed by atoms with van der Waals surface area (Å²) in [6, 6.07) is 20.3. The summed E-state index contributed by atoms with van der Waals surface area (Å²) in [6.07, 6.45) is 1.80. The monoisotopic (exact) mass is 402 g/mol. The van der Waals surface area contributed by atoms with Crippen LogP contribution >= 0.6 is 0 Å². The SMILES string of the molecule is Cc1cc(NC=O)c(C=O)c(C(=O)Nc2cccc(OCCc3ccccc3)c2)c1. The van der Waals surface area contributed by atoms with Gasteiger partial charge in [0.1, 0.15) is 5.75 Å². The lowest BCUT2D eigenvalue weighted by atomic mass is 10.0. The number of amides is 2. The van der Waals surface area contributed by atoms with Gasteiger partial charge in [-0.1, -0.05) is 36.4 Å². The zero-order valence-corrected chi connectivity index (χ0v) is 16.6. The van der Waals surface area contributed by atoms with Gasteiger partial charge in [-0.05, 0) is 42.3 Å². The van der Waals surface area contributed by atoms with Crippen molar-refractivity contribution in [2.45, 2.75) is 13.3 Å². The Kier molecular flexibility index (Phi) is 6.95. The third-order valence-corrected chi connectivity index (χ3v) is 4.50. The van der Waals surface area contributed by atoms with E-state index in [1.807, 2.05) is 36.4 Å². The van der Waals surface area contributed by atoms with Crippen LogP contribution in [0.3, 0.4) is 0 Å². The number of hydrogen-bond donors (Lipinski definition) is 2. The van der Waals surface area contributed by atoms with Gasteiger partial charge in [0.2, 0.25) is 6.41 Å². The Morgan fingerprint density at radius 3 is 2.53 bits per heavy atom. The molecule has 0 aliphatic rings. The van der Waals surface area contributed by atoms with Crippen molar-refractivity contribution in [2.24, 2.45) is 0 Å². The molecule has 30 heavy (non-hydrogen) atoms. The van der Waals surface area contributed by atoms with E-state index in [1.165, 1.54) is 5.56 Å². The van der Waals surface area contributed by atoms with Crippen LogP contribution in [-0.4, -0.2) is 25.2 Å². The Morgan fingerprint density at radius 2 is 1.80 bits per heavy atom. The van der Waals surface area contributed by atoms with Gasteiger partial charge in [-0.3, -0.25) is 14.4 Å². The highest BCUT2D eigenvalue weighted by Crippen LogP contribution is 2.23. The van der Waals surface area contributed by atoms with Gasteiger partial charge in [0.25, 0.3) is 5.91 Å². The van der Waals surface area contributed by atoms with Crippen LogP contribution in [-0.2, 0) is 11.2 Å². The van der Waals surface area contributed by atoms with Crippen LogP contribution in [0.1, 0.15) is 31.8 Å². The van der Waals surface area contributed by atoms with Crippen LogP contribution in [0.15, 0.2) is 66.7 Å². The van der Waals surface area contributed by atoms with Gasteiger partial charge in [-0.2, -0.15) is 0 Å². The normalized spacial score (nSPS) is 10.2. The van der Waals surface area contributed by atoms with Crippen LogP contribution in [0.4, 0.5) is 11.4 Å². The number of carbonyl (C=O) groups is 3. The van der Waals surface area contributed by atoms with E-state index in [-0.39, 0.29) is 11.1 Å². The molecule has 3 aromatic rings. The second kappa shape index (κ2) is 10.0. The van der Waals surface area contributed by atoms with Gasteiger partial charge in [-0.25, -0.2) is 0 Å². The highest BCUT2D eigenvalue weighted by Gasteiger charge is 2.16. The van der Waals surface area contributed by atoms with E-state index in [1.54, 1.807) is 37.3 Å². The van der Waals surface area contributed by atoms with Gasteiger partial charge >= 0.3 is 0 Å². The smallest absolute Gasteiger partial charge is 0.256 e. The molecule has 0 atom stereocenters. The Morgan fingerprint density at radius 1 is 1.00 bits per heavy atom. The van der Waals surface area contributed by atoms with Crippen molar-refractivity contribution in [2.75, 3.05) is 17.2 Å². The summed E-state index contributed by atoms with van der Waals surface area (Å²) >= 11 is 0. The maximum absolute atomic E-state index is 12.8. The molecule has 0 spiro atoms. The van der Waals surface area contributed by atoms with Crippen molar-refractivity contribution < 1.29 is 19.1 Å². The number of aryl methyl sites for hydroxylation is 1. The first-order chi connectivity index (χ1) is 14.6. The van der Waals surface area contributed by atoms with Gasteiger partial charge in [0.15, 0.2) is 6.29 Å². The number of carbonyl (C=O) groups excluding carboxylic acids is 3. The van der Waals surface area contributed by atoms with Crippen LogP contribution in [0, 0.1) is 6.92 Å². The van der Waals surface area contributed by atoms with Crippen molar-refractivity contribution in [3.05, 3.63) is 89.0 Å². The molecular formula is C24H22N2O4. The predicted octanol–water partition coefficient (Wildman–Crippen LogP) is 4.25. The molecular weight excluding hydrogens is 380 g/mol. The second-order valence-electron chi connectivity index (χ2n) is 6.72. The molecule has 0 saturated heterocycles. The Bertz CT molecular complexity index is 1050. The standard InChI is InChI=1S/C24H22N2O4/c1-17-12-21(22(15-27)23(13-17)25-16-28)24(29)26-19-8-5-9-20(14-19)30-11-10-18-6-3-2-4-7-18/h2-9,12-16H,10-11H2,1H3,(H,25,28)(H,26,29). The van der Waals surface area contributed by atoms with Crippen molar-refractivity contribution >= 4 is 30.0 Å². The molecule has 3 aromatic carbocycles. The average Bonchev–Trinajstić information content (AvgIpc) is 2.75. The van der Waals surface area contributed by atoms with Crippen molar-refractivity contribution in [1.82, 2.24) is 0 Å². The number of hydrogen-bond acceptors (Lipinski definition) is 4. The summed E-state index contributed by atoms with van der Waals surface area (Å²) in [7, 11) is 0. The first-order valence-corrected chi connectivity index (χ1v) is 9.49. The first-order valence-electron chi connectivity index (χ1n) is 9.49. The Balaban J connectivity index is 1.71. The Hall–Kier alpha value is -3.93. The van der Waals surface area contributed by atoms with E-state index >= 15 is 0 Å². The fraction of sp³-hybridized carbons (Fsp3) is 0.125. The number of aldehydes is 1. The molecule has 0 heterocycles. The van der Waals surface area contributed by atoms with Crippen LogP contribution in [0.25, 0.3) is 0 Å². The van der Waals surface area contributed by atoms with Crippen molar-refractivity contribution in [3.8, 4) is 5.75 Å². The molecule has 6 nitrogen and oxygen atoms in total. The van der Waals surface area contributed by atoms with E-state index < -0.39 is 5.91 Å². The topological polar surface area (TPSA) is 84.5 Å². The third kappa shape index (κ3) is 5.32. The largest absolute Gasteiger partial charge is 0.493 e. The molecule has 0 bridgehead atoms. The highest BCUT2D eigenvalue weighted by molar-refractivity contribution is 6.11. The Labute approximate surface area is 174 Å². The molecule has 6 heteroatoms.